The summed E-state index contributed by atoms with van der Waals surface area (Å²) in [7, 11) is 0. The van der Waals surface area contributed by atoms with Crippen LogP contribution in [0.15, 0.2) is 30.5 Å². The largest absolute Gasteiger partial charge is 0.359 e. The summed E-state index contributed by atoms with van der Waals surface area (Å²) in [6.45, 7) is 2.73. The number of nitrogens with zero attached hydrogens (tertiary/aromatic N) is 2. The fourth-order valence-electron chi connectivity index (χ4n) is 2.46. The highest BCUT2D eigenvalue weighted by atomic mass is 35.5. The second-order valence-corrected chi connectivity index (χ2v) is 5.18. The number of anilines is 1. The first kappa shape index (κ1) is 13.0. The first-order valence-electron chi connectivity index (χ1n) is 6.57. The molecule has 2 aromatic rings. The molecule has 1 amide bonds. The Labute approximate surface area is 121 Å². The van der Waals surface area contributed by atoms with Crippen molar-refractivity contribution in [2.24, 2.45) is 0 Å². The number of amides is 1. The predicted octanol–water partition coefficient (Wildman–Crippen LogP) is 3.04. The van der Waals surface area contributed by atoms with Crippen LogP contribution in [0.4, 0.5) is 5.69 Å². The molecule has 1 aliphatic heterocycles. The molecule has 104 valence electrons. The van der Waals surface area contributed by atoms with E-state index in [9.17, 15) is 4.79 Å². The molecule has 0 fully saturated rings. The SMILES string of the molecule is CCCN1C(=O)c2ccc(Cl)cc2N[C@H]1c1ccn[nH]1. The van der Waals surface area contributed by atoms with Crippen molar-refractivity contribution in [3.05, 3.63) is 46.7 Å². The van der Waals surface area contributed by atoms with Gasteiger partial charge in [0.1, 0.15) is 6.17 Å². The van der Waals surface area contributed by atoms with Gasteiger partial charge >= 0.3 is 0 Å². The smallest absolute Gasteiger partial charge is 0.257 e. The molecule has 2 N–H and O–H groups in total. The number of hydrogen-bond acceptors (Lipinski definition) is 3. The van der Waals surface area contributed by atoms with E-state index in [1.165, 1.54) is 0 Å². The van der Waals surface area contributed by atoms with Crippen LogP contribution in [0, 0.1) is 0 Å². The quantitative estimate of drug-likeness (QED) is 0.913. The lowest BCUT2D eigenvalue weighted by atomic mass is 10.1. The van der Waals surface area contributed by atoms with E-state index in [0.29, 0.717) is 17.1 Å². The second kappa shape index (κ2) is 5.17. The van der Waals surface area contributed by atoms with Crippen LogP contribution in [0.5, 0.6) is 0 Å². The van der Waals surface area contributed by atoms with Crippen molar-refractivity contribution in [2.75, 3.05) is 11.9 Å². The Morgan fingerprint density at radius 2 is 2.25 bits per heavy atom. The lowest BCUT2D eigenvalue weighted by Crippen LogP contribution is -2.43. The van der Waals surface area contributed by atoms with E-state index >= 15 is 0 Å². The molecule has 0 aliphatic carbocycles. The van der Waals surface area contributed by atoms with Gasteiger partial charge in [0, 0.05) is 17.8 Å². The minimum absolute atomic E-state index is 0.0110. The molecule has 20 heavy (non-hydrogen) atoms. The van der Waals surface area contributed by atoms with Gasteiger partial charge in [0.05, 0.1) is 16.9 Å². The fraction of sp³-hybridized carbons (Fsp3) is 0.286. The van der Waals surface area contributed by atoms with Crippen LogP contribution in [0.3, 0.4) is 0 Å². The highest BCUT2D eigenvalue weighted by Gasteiger charge is 2.33. The van der Waals surface area contributed by atoms with Gasteiger partial charge in [0.2, 0.25) is 0 Å². The molecule has 1 aromatic carbocycles. The number of benzene rings is 1. The normalized spacial score (nSPS) is 17.8. The van der Waals surface area contributed by atoms with Gasteiger partial charge in [-0.2, -0.15) is 5.10 Å². The predicted molar refractivity (Wildman–Crippen MR) is 77.7 cm³/mol. The molecule has 1 aromatic heterocycles. The van der Waals surface area contributed by atoms with E-state index in [-0.39, 0.29) is 12.1 Å². The summed E-state index contributed by atoms with van der Waals surface area (Å²) in [5.41, 5.74) is 2.27. The number of fused-ring (bicyclic) bond motifs is 1. The van der Waals surface area contributed by atoms with Crippen LogP contribution in [0.1, 0.15) is 35.6 Å². The van der Waals surface area contributed by atoms with E-state index in [2.05, 4.69) is 22.4 Å². The third kappa shape index (κ3) is 2.14. The maximum absolute atomic E-state index is 12.6. The Morgan fingerprint density at radius 1 is 1.40 bits per heavy atom. The van der Waals surface area contributed by atoms with Gasteiger partial charge in [0.25, 0.3) is 5.91 Å². The number of H-pyrrole nitrogens is 1. The summed E-state index contributed by atoms with van der Waals surface area (Å²) in [6, 6.07) is 7.14. The van der Waals surface area contributed by atoms with Crippen molar-refractivity contribution in [3.63, 3.8) is 0 Å². The average Bonchev–Trinajstić information content (AvgIpc) is 2.95. The van der Waals surface area contributed by atoms with Gasteiger partial charge in [-0.1, -0.05) is 18.5 Å². The molecule has 0 spiro atoms. The van der Waals surface area contributed by atoms with E-state index in [0.717, 1.165) is 17.8 Å². The highest BCUT2D eigenvalue weighted by Crippen LogP contribution is 2.33. The van der Waals surface area contributed by atoms with Crippen molar-refractivity contribution in [1.29, 1.82) is 0 Å². The van der Waals surface area contributed by atoms with Crippen LogP contribution in [0.2, 0.25) is 5.02 Å². The Hall–Kier alpha value is -2.01. The number of carbonyl (C=O) groups excluding carboxylic acids is 1. The number of aromatic amines is 1. The van der Waals surface area contributed by atoms with E-state index < -0.39 is 0 Å². The van der Waals surface area contributed by atoms with Gasteiger partial charge in [-0.25, -0.2) is 0 Å². The summed E-state index contributed by atoms with van der Waals surface area (Å²) >= 11 is 6.01. The lowest BCUT2D eigenvalue weighted by molar-refractivity contribution is 0.0679. The Balaban J connectivity index is 2.04. The molecule has 0 saturated heterocycles. The molecule has 0 bridgehead atoms. The molecular weight excluding hydrogens is 276 g/mol. The van der Waals surface area contributed by atoms with Gasteiger partial charge in [-0.05, 0) is 30.7 Å². The van der Waals surface area contributed by atoms with Crippen LogP contribution in [-0.4, -0.2) is 27.5 Å². The molecule has 0 radical (unpaired) electrons. The molecule has 1 atom stereocenters. The van der Waals surface area contributed by atoms with E-state index in [1.807, 2.05) is 11.0 Å². The van der Waals surface area contributed by atoms with Crippen LogP contribution in [0.25, 0.3) is 0 Å². The highest BCUT2D eigenvalue weighted by molar-refractivity contribution is 6.31. The molecule has 6 heteroatoms. The zero-order valence-corrected chi connectivity index (χ0v) is 11.8. The summed E-state index contributed by atoms with van der Waals surface area (Å²) in [4.78, 5) is 14.4. The number of halogens is 1. The van der Waals surface area contributed by atoms with E-state index in [1.54, 1.807) is 24.4 Å². The van der Waals surface area contributed by atoms with Crippen molar-refractivity contribution < 1.29 is 4.79 Å². The number of rotatable bonds is 3. The Bertz CT molecular complexity index is 626. The molecule has 3 rings (SSSR count). The molecule has 0 saturated carbocycles. The monoisotopic (exact) mass is 290 g/mol. The molecule has 1 aliphatic rings. The summed E-state index contributed by atoms with van der Waals surface area (Å²) in [5, 5.41) is 10.8. The molecular formula is C14H15ClN4O. The van der Waals surface area contributed by atoms with Crippen molar-refractivity contribution in [2.45, 2.75) is 19.5 Å². The Morgan fingerprint density at radius 3 is 2.95 bits per heavy atom. The average molecular weight is 291 g/mol. The lowest BCUT2D eigenvalue weighted by Gasteiger charge is -2.37. The zero-order valence-electron chi connectivity index (χ0n) is 11.1. The molecule has 5 nitrogen and oxygen atoms in total. The zero-order chi connectivity index (χ0) is 14.1. The van der Waals surface area contributed by atoms with Gasteiger partial charge in [0.15, 0.2) is 0 Å². The van der Waals surface area contributed by atoms with E-state index in [4.69, 9.17) is 11.6 Å². The van der Waals surface area contributed by atoms with Crippen molar-refractivity contribution in [1.82, 2.24) is 15.1 Å². The first-order valence-corrected chi connectivity index (χ1v) is 6.95. The maximum Gasteiger partial charge on any atom is 0.257 e. The summed E-state index contributed by atoms with van der Waals surface area (Å²) in [6.07, 6.45) is 2.33. The third-order valence-electron chi connectivity index (χ3n) is 3.36. The van der Waals surface area contributed by atoms with Crippen LogP contribution < -0.4 is 5.32 Å². The number of aromatic nitrogens is 2. The van der Waals surface area contributed by atoms with Gasteiger partial charge < -0.3 is 10.2 Å². The first-order chi connectivity index (χ1) is 9.70. The Kier molecular flexibility index (Phi) is 3.36. The topological polar surface area (TPSA) is 61.0 Å². The minimum Gasteiger partial charge on any atom is -0.359 e. The summed E-state index contributed by atoms with van der Waals surface area (Å²) in [5.74, 6) is 0.0110. The standard InChI is InChI=1S/C14H15ClN4O/c1-2-7-19-13(11-5-6-16-18-11)17-12-8-9(15)3-4-10(12)14(19)20/h3-6,8,13,17H,2,7H2,1H3,(H,16,18)/t13-/m1/s1. The van der Waals surface area contributed by atoms with Crippen molar-refractivity contribution in [3.8, 4) is 0 Å². The number of carbonyl (C=O) groups is 1. The maximum atomic E-state index is 12.6. The summed E-state index contributed by atoms with van der Waals surface area (Å²) < 4.78 is 0. The van der Waals surface area contributed by atoms with Gasteiger partial charge in [-0.3, -0.25) is 9.89 Å². The molecule has 2 heterocycles. The van der Waals surface area contributed by atoms with Crippen LogP contribution in [-0.2, 0) is 0 Å². The van der Waals surface area contributed by atoms with Crippen molar-refractivity contribution >= 4 is 23.2 Å². The minimum atomic E-state index is -0.240. The number of nitrogens with one attached hydrogen (secondary N) is 2. The van der Waals surface area contributed by atoms with Crippen LogP contribution >= 0.6 is 11.6 Å². The fourth-order valence-corrected chi connectivity index (χ4v) is 2.63. The third-order valence-corrected chi connectivity index (χ3v) is 3.59. The second-order valence-electron chi connectivity index (χ2n) is 4.75. The number of hydrogen-bond donors (Lipinski definition) is 2. The molecule has 0 unspecified atom stereocenters. The van der Waals surface area contributed by atoms with Gasteiger partial charge in [-0.15, -0.1) is 0 Å².